The van der Waals surface area contributed by atoms with E-state index in [1.165, 1.54) is 6.07 Å². The highest BCUT2D eigenvalue weighted by molar-refractivity contribution is 5.67. The Hall–Kier alpha value is -1.31. The van der Waals surface area contributed by atoms with Crippen molar-refractivity contribution in [2.24, 2.45) is 5.92 Å². The summed E-state index contributed by atoms with van der Waals surface area (Å²) in [6, 6.07) is 3.17. The van der Waals surface area contributed by atoms with E-state index >= 15 is 0 Å². The summed E-state index contributed by atoms with van der Waals surface area (Å²) in [6.07, 6.45) is 3.20. The Kier molecular flexibility index (Phi) is 4.11. The molecule has 88 valence electrons. The summed E-state index contributed by atoms with van der Waals surface area (Å²) in [7, 11) is 0. The minimum Gasteiger partial charge on any atom is -0.505 e. The van der Waals surface area contributed by atoms with Gasteiger partial charge in [0.25, 0.3) is 0 Å². The minimum absolute atomic E-state index is 0.280. The van der Waals surface area contributed by atoms with Crippen LogP contribution in [0.15, 0.2) is 18.2 Å². The molecule has 1 unspecified atom stereocenters. The number of benzene rings is 1. The predicted molar refractivity (Wildman–Crippen MR) is 65.9 cm³/mol. The van der Waals surface area contributed by atoms with Gasteiger partial charge in [0.15, 0.2) is 11.6 Å². The summed E-state index contributed by atoms with van der Waals surface area (Å²) in [4.78, 5) is 0. The van der Waals surface area contributed by atoms with Crippen molar-refractivity contribution in [3.8, 4) is 5.75 Å². The number of halogens is 1. The molecule has 0 saturated carbocycles. The summed E-state index contributed by atoms with van der Waals surface area (Å²) in [6.45, 7) is 7.93. The molecular formula is C14H19FO. The van der Waals surface area contributed by atoms with Gasteiger partial charge in [-0.1, -0.05) is 32.4 Å². The van der Waals surface area contributed by atoms with E-state index in [4.69, 9.17) is 0 Å². The van der Waals surface area contributed by atoms with E-state index in [1.54, 1.807) is 13.0 Å². The third-order valence-electron chi connectivity index (χ3n) is 2.97. The smallest absolute Gasteiger partial charge is 0.168 e. The van der Waals surface area contributed by atoms with E-state index in [0.29, 0.717) is 11.5 Å². The highest BCUT2D eigenvalue weighted by Gasteiger charge is 2.10. The van der Waals surface area contributed by atoms with E-state index < -0.39 is 5.82 Å². The second-order valence-corrected chi connectivity index (χ2v) is 4.31. The average Bonchev–Trinajstić information content (AvgIpc) is 2.25. The van der Waals surface area contributed by atoms with Crippen molar-refractivity contribution < 1.29 is 9.50 Å². The lowest BCUT2D eigenvalue weighted by molar-refractivity contribution is 0.430. The second-order valence-electron chi connectivity index (χ2n) is 4.31. The SMILES string of the molecule is CCC(C)/C=C(/C)c1ccc(O)c(F)c1C. The maximum Gasteiger partial charge on any atom is 0.168 e. The van der Waals surface area contributed by atoms with E-state index in [1.807, 2.05) is 6.92 Å². The molecule has 0 heterocycles. The Labute approximate surface area is 96.6 Å². The van der Waals surface area contributed by atoms with Crippen molar-refractivity contribution >= 4 is 5.57 Å². The largest absolute Gasteiger partial charge is 0.505 e. The fourth-order valence-corrected chi connectivity index (χ4v) is 1.73. The van der Waals surface area contributed by atoms with Gasteiger partial charge >= 0.3 is 0 Å². The zero-order valence-corrected chi connectivity index (χ0v) is 10.3. The van der Waals surface area contributed by atoms with Gasteiger partial charge in [-0.05, 0) is 42.5 Å². The number of rotatable bonds is 3. The Morgan fingerprint density at radius 2 is 2.12 bits per heavy atom. The Balaban J connectivity index is 3.15. The second kappa shape index (κ2) is 5.15. The van der Waals surface area contributed by atoms with Crippen molar-refractivity contribution in [2.45, 2.75) is 34.1 Å². The molecule has 16 heavy (non-hydrogen) atoms. The van der Waals surface area contributed by atoms with Crippen molar-refractivity contribution in [3.05, 3.63) is 35.2 Å². The van der Waals surface area contributed by atoms with E-state index in [0.717, 1.165) is 17.6 Å². The first-order valence-electron chi connectivity index (χ1n) is 5.64. The minimum atomic E-state index is -0.519. The van der Waals surface area contributed by atoms with Crippen LogP contribution in [-0.2, 0) is 0 Å². The molecule has 0 aliphatic rings. The lowest BCUT2D eigenvalue weighted by atomic mass is 9.97. The molecule has 0 fully saturated rings. The summed E-state index contributed by atoms with van der Waals surface area (Å²) >= 11 is 0. The number of phenolic OH excluding ortho intramolecular Hbond substituents is 1. The molecule has 1 N–H and O–H groups in total. The van der Waals surface area contributed by atoms with Gasteiger partial charge in [-0.15, -0.1) is 0 Å². The number of phenols is 1. The van der Waals surface area contributed by atoms with Crippen molar-refractivity contribution in [1.29, 1.82) is 0 Å². The van der Waals surface area contributed by atoms with Crippen LogP contribution < -0.4 is 0 Å². The molecular weight excluding hydrogens is 203 g/mol. The molecule has 0 aromatic heterocycles. The third kappa shape index (κ3) is 2.63. The zero-order valence-electron chi connectivity index (χ0n) is 10.3. The lowest BCUT2D eigenvalue weighted by Crippen LogP contribution is -1.93. The van der Waals surface area contributed by atoms with Crippen LogP contribution >= 0.6 is 0 Å². The van der Waals surface area contributed by atoms with Crippen molar-refractivity contribution in [2.75, 3.05) is 0 Å². The standard InChI is InChI=1S/C14H19FO/c1-5-9(2)8-10(3)12-6-7-13(16)14(15)11(12)4/h6-9,16H,5H2,1-4H3/b10-8-. The van der Waals surface area contributed by atoms with Gasteiger partial charge < -0.3 is 5.11 Å². The molecule has 1 aromatic rings. The molecule has 0 amide bonds. The van der Waals surface area contributed by atoms with Gasteiger partial charge in [-0.2, -0.15) is 0 Å². The van der Waals surface area contributed by atoms with E-state index in [9.17, 15) is 9.50 Å². The predicted octanol–water partition coefficient (Wildman–Crippen LogP) is 4.29. The first kappa shape index (κ1) is 12.8. The monoisotopic (exact) mass is 222 g/mol. The Bertz CT molecular complexity index is 407. The number of allylic oxidation sites excluding steroid dienone is 2. The van der Waals surface area contributed by atoms with Gasteiger partial charge in [-0.25, -0.2) is 4.39 Å². The fraction of sp³-hybridized carbons (Fsp3) is 0.429. The highest BCUT2D eigenvalue weighted by Crippen LogP contribution is 2.27. The number of hydrogen-bond donors (Lipinski definition) is 1. The lowest BCUT2D eigenvalue weighted by Gasteiger charge is -2.10. The summed E-state index contributed by atoms with van der Waals surface area (Å²) in [5.74, 6) is -0.316. The summed E-state index contributed by atoms with van der Waals surface area (Å²) in [5, 5.41) is 9.24. The van der Waals surface area contributed by atoms with Crippen LogP contribution in [0.1, 0.15) is 38.3 Å². The van der Waals surface area contributed by atoms with Crippen LogP contribution in [0.4, 0.5) is 4.39 Å². The van der Waals surface area contributed by atoms with Crippen LogP contribution in [0.3, 0.4) is 0 Å². The quantitative estimate of drug-likeness (QED) is 0.808. The molecule has 1 aromatic carbocycles. The fourth-order valence-electron chi connectivity index (χ4n) is 1.73. The molecule has 2 heteroatoms. The van der Waals surface area contributed by atoms with Crippen LogP contribution in [0, 0.1) is 18.7 Å². The molecule has 1 atom stereocenters. The summed E-state index contributed by atoms with van der Waals surface area (Å²) in [5.41, 5.74) is 2.44. The van der Waals surface area contributed by atoms with Gasteiger partial charge in [0.05, 0.1) is 0 Å². The highest BCUT2D eigenvalue weighted by atomic mass is 19.1. The van der Waals surface area contributed by atoms with Crippen LogP contribution in [0.25, 0.3) is 5.57 Å². The van der Waals surface area contributed by atoms with Gasteiger partial charge in [0.2, 0.25) is 0 Å². The van der Waals surface area contributed by atoms with Crippen molar-refractivity contribution in [3.63, 3.8) is 0 Å². The van der Waals surface area contributed by atoms with Crippen LogP contribution in [0.5, 0.6) is 5.75 Å². The van der Waals surface area contributed by atoms with Gasteiger partial charge in [-0.3, -0.25) is 0 Å². The summed E-state index contributed by atoms with van der Waals surface area (Å²) < 4.78 is 13.5. The third-order valence-corrected chi connectivity index (χ3v) is 2.97. The molecule has 0 spiro atoms. The molecule has 0 radical (unpaired) electrons. The molecule has 0 saturated heterocycles. The van der Waals surface area contributed by atoms with Crippen molar-refractivity contribution in [1.82, 2.24) is 0 Å². The molecule has 0 bridgehead atoms. The maximum absolute atomic E-state index is 13.5. The first-order chi connectivity index (χ1) is 7.47. The maximum atomic E-state index is 13.5. The van der Waals surface area contributed by atoms with Gasteiger partial charge in [0, 0.05) is 0 Å². The molecule has 1 nitrogen and oxygen atoms in total. The number of aromatic hydroxyl groups is 1. The average molecular weight is 222 g/mol. The van der Waals surface area contributed by atoms with Crippen LogP contribution in [0.2, 0.25) is 0 Å². The molecule has 0 aliphatic carbocycles. The van der Waals surface area contributed by atoms with Crippen LogP contribution in [-0.4, -0.2) is 5.11 Å². The van der Waals surface area contributed by atoms with E-state index in [2.05, 4.69) is 19.9 Å². The zero-order chi connectivity index (χ0) is 12.3. The normalized spacial score (nSPS) is 13.9. The van der Waals surface area contributed by atoms with Gasteiger partial charge in [0.1, 0.15) is 0 Å². The molecule has 1 rings (SSSR count). The number of hydrogen-bond acceptors (Lipinski definition) is 1. The molecule has 0 aliphatic heterocycles. The first-order valence-corrected chi connectivity index (χ1v) is 5.64. The Morgan fingerprint density at radius 1 is 1.50 bits per heavy atom. The van der Waals surface area contributed by atoms with E-state index in [-0.39, 0.29) is 5.75 Å². The Morgan fingerprint density at radius 3 is 2.69 bits per heavy atom. The topological polar surface area (TPSA) is 20.2 Å².